The van der Waals surface area contributed by atoms with Crippen LogP contribution in [0.4, 0.5) is 0 Å². The average molecular weight is 145 g/mol. The van der Waals surface area contributed by atoms with E-state index in [0.29, 0.717) is 4.68 Å². The third kappa shape index (κ3) is 1.37. The van der Waals surface area contributed by atoms with Gasteiger partial charge in [-0.2, -0.15) is 5.10 Å². The highest BCUT2D eigenvalue weighted by Crippen LogP contribution is 1.81. The fourth-order valence-corrected chi connectivity index (χ4v) is 0.531. The molecule has 0 unspecified atom stereocenters. The zero-order valence-corrected chi connectivity index (χ0v) is 5.02. The number of nitrogens with zero attached hydrogens (tertiary/aromatic N) is 2. The maximum absolute atomic E-state index is 8.74. The summed E-state index contributed by atoms with van der Waals surface area (Å²) in [5.74, 6) is 0. The van der Waals surface area contributed by atoms with Crippen LogP contribution in [0.3, 0.4) is 0 Å². The molecule has 1 rings (SSSR count). The minimum atomic E-state index is -2.88. The van der Waals surface area contributed by atoms with E-state index in [1.807, 2.05) is 0 Å². The van der Waals surface area contributed by atoms with Gasteiger partial charge in [0.1, 0.15) is 0 Å². The van der Waals surface area contributed by atoms with Gasteiger partial charge in [-0.05, 0) is 6.85 Å². The number of hydrogen-bond donors (Lipinski definition) is 2. The van der Waals surface area contributed by atoms with Gasteiger partial charge >= 0.3 is 7.12 Å². The zero-order chi connectivity index (χ0) is 11.9. The van der Waals surface area contributed by atoms with Gasteiger partial charge in [0.15, 0.2) is 0 Å². The van der Waals surface area contributed by atoms with E-state index in [1.54, 1.807) is 0 Å². The summed E-state index contributed by atoms with van der Waals surface area (Å²) in [6.07, 6.45) is 1.94. The van der Waals surface area contributed by atoms with Crippen molar-refractivity contribution in [3.8, 4) is 0 Å². The molecule has 0 atom stereocenters. The SMILES string of the molecule is [2H]C([2H])([2H])C([2H])([2H])n1cc(B(O)O)cn1. The lowest BCUT2D eigenvalue weighted by molar-refractivity contribution is 0.425. The molecular formula is C5H9BN2O2. The maximum Gasteiger partial charge on any atom is 0.491 e. The van der Waals surface area contributed by atoms with Crippen LogP contribution in [-0.2, 0) is 6.50 Å². The van der Waals surface area contributed by atoms with Gasteiger partial charge < -0.3 is 10.0 Å². The predicted molar refractivity (Wildman–Crippen MR) is 37.7 cm³/mol. The standard InChI is InChI=1S/C5H9BN2O2/c1-2-8-4-5(3-7-8)6(9)10/h3-4,9-10H,2H2,1H3/i1D3,2D2. The molecule has 0 saturated carbocycles. The van der Waals surface area contributed by atoms with Crippen LogP contribution >= 0.6 is 0 Å². The van der Waals surface area contributed by atoms with Crippen LogP contribution in [0.25, 0.3) is 0 Å². The first-order valence-electron chi connectivity index (χ1n) is 5.07. The molecule has 0 bridgehead atoms. The summed E-state index contributed by atoms with van der Waals surface area (Å²) in [5, 5.41) is 20.9. The Morgan fingerprint density at radius 2 is 2.80 bits per heavy atom. The fourth-order valence-electron chi connectivity index (χ4n) is 0.531. The lowest BCUT2D eigenvalue weighted by atomic mass is 9.83. The molecule has 0 saturated heterocycles. The van der Waals surface area contributed by atoms with E-state index >= 15 is 0 Å². The number of aromatic nitrogens is 2. The van der Waals surface area contributed by atoms with Crippen LogP contribution in [0.1, 0.15) is 13.7 Å². The Morgan fingerprint density at radius 3 is 3.30 bits per heavy atom. The molecule has 2 N–H and O–H groups in total. The van der Waals surface area contributed by atoms with Crippen LogP contribution < -0.4 is 5.46 Å². The van der Waals surface area contributed by atoms with Gasteiger partial charge in [-0.3, -0.25) is 4.68 Å². The highest BCUT2D eigenvalue weighted by Gasteiger charge is 2.11. The van der Waals surface area contributed by atoms with Gasteiger partial charge in [0.05, 0.1) is 2.74 Å². The number of aryl methyl sites for hydroxylation is 1. The van der Waals surface area contributed by atoms with E-state index in [0.717, 1.165) is 12.4 Å². The van der Waals surface area contributed by atoms with Gasteiger partial charge in [-0.1, -0.05) is 0 Å². The average Bonchev–Trinajstić information content (AvgIpc) is 2.49. The molecule has 1 heterocycles. The van der Waals surface area contributed by atoms with Gasteiger partial charge in [0.25, 0.3) is 0 Å². The number of rotatable bonds is 2. The van der Waals surface area contributed by atoms with Crippen molar-refractivity contribution in [1.82, 2.24) is 9.78 Å². The first-order chi connectivity index (χ1) is 6.66. The van der Waals surface area contributed by atoms with Gasteiger partial charge in [0.2, 0.25) is 0 Å². The van der Waals surface area contributed by atoms with Crippen LogP contribution in [0.15, 0.2) is 12.4 Å². The van der Waals surface area contributed by atoms with Gasteiger partial charge in [0, 0.05) is 28.5 Å². The zero-order valence-electron chi connectivity index (χ0n) is 10.0. The maximum atomic E-state index is 8.74. The highest BCUT2D eigenvalue weighted by atomic mass is 16.4. The summed E-state index contributed by atoms with van der Waals surface area (Å²) in [6.45, 7) is -5.56. The van der Waals surface area contributed by atoms with Gasteiger partial charge in [-0.25, -0.2) is 0 Å². The smallest absolute Gasteiger partial charge is 0.423 e. The van der Waals surface area contributed by atoms with E-state index < -0.39 is 20.5 Å². The summed E-state index contributed by atoms with van der Waals surface area (Å²) < 4.78 is 36.1. The third-order valence-corrected chi connectivity index (χ3v) is 1.02. The molecule has 0 aliphatic heterocycles. The van der Waals surface area contributed by atoms with E-state index in [-0.39, 0.29) is 5.46 Å². The minimum absolute atomic E-state index is 0.0666. The topological polar surface area (TPSA) is 58.3 Å². The van der Waals surface area contributed by atoms with Crippen molar-refractivity contribution in [2.75, 3.05) is 0 Å². The molecule has 1 aromatic heterocycles. The number of hydrogen-bond acceptors (Lipinski definition) is 3. The fraction of sp³-hybridized carbons (Fsp3) is 0.400. The Labute approximate surface area is 66.3 Å². The Morgan fingerprint density at radius 1 is 2.00 bits per heavy atom. The summed E-state index contributed by atoms with van der Waals surface area (Å²) in [6, 6.07) is 0. The van der Waals surface area contributed by atoms with Crippen molar-refractivity contribution in [1.29, 1.82) is 0 Å². The van der Waals surface area contributed by atoms with E-state index in [2.05, 4.69) is 5.10 Å². The summed E-state index contributed by atoms with van der Waals surface area (Å²) in [7, 11) is -1.80. The second-order valence-corrected chi connectivity index (χ2v) is 1.70. The van der Waals surface area contributed by atoms with Crippen molar-refractivity contribution in [2.45, 2.75) is 13.3 Å². The predicted octanol–water partition coefficient (Wildman–Crippen LogP) is -1.42. The van der Waals surface area contributed by atoms with Crippen molar-refractivity contribution < 1.29 is 16.9 Å². The van der Waals surface area contributed by atoms with E-state index in [4.69, 9.17) is 16.9 Å². The molecule has 4 nitrogen and oxygen atoms in total. The molecular weight excluding hydrogens is 131 g/mol. The normalized spacial score (nSPS) is 20.0. The van der Waals surface area contributed by atoms with Crippen molar-refractivity contribution in [3.05, 3.63) is 12.4 Å². The summed E-state index contributed by atoms with van der Waals surface area (Å²) >= 11 is 0. The molecule has 1 aromatic rings. The molecule has 0 amide bonds. The second-order valence-electron chi connectivity index (χ2n) is 1.70. The van der Waals surface area contributed by atoms with E-state index in [1.165, 1.54) is 0 Å². The van der Waals surface area contributed by atoms with E-state index in [9.17, 15) is 0 Å². The molecule has 0 aromatic carbocycles. The Bertz CT molecular complexity index is 349. The minimum Gasteiger partial charge on any atom is -0.423 e. The van der Waals surface area contributed by atoms with Crippen molar-refractivity contribution >= 4 is 12.6 Å². The highest BCUT2D eigenvalue weighted by molar-refractivity contribution is 6.58. The second kappa shape index (κ2) is 2.85. The summed E-state index contributed by atoms with van der Waals surface area (Å²) in [5.41, 5.74) is -0.0666. The van der Waals surface area contributed by atoms with Crippen molar-refractivity contribution in [2.24, 2.45) is 0 Å². The molecule has 0 fully saturated rings. The molecule has 0 aliphatic rings. The molecule has 0 spiro atoms. The van der Waals surface area contributed by atoms with Crippen LogP contribution in [0.5, 0.6) is 0 Å². The molecule has 0 aliphatic carbocycles. The van der Waals surface area contributed by atoms with Crippen LogP contribution in [-0.4, -0.2) is 26.9 Å². The summed E-state index contributed by atoms with van der Waals surface area (Å²) in [4.78, 5) is 0. The molecule has 0 radical (unpaired) electrons. The third-order valence-electron chi connectivity index (χ3n) is 1.02. The Balaban J connectivity index is 3.06. The van der Waals surface area contributed by atoms with Crippen LogP contribution in [0.2, 0.25) is 0 Å². The molecule has 5 heteroatoms. The monoisotopic (exact) mass is 145 g/mol. The first kappa shape index (κ1) is 3.06. The lowest BCUT2D eigenvalue weighted by Crippen LogP contribution is -2.28. The molecule has 10 heavy (non-hydrogen) atoms. The lowest BCUT2D eigenvalue weighted by Gasteiger charge is -1.91. The molecule has 54 valence electrons. The Hall–Kier alpha value is -0.805. The quantitative estimate of drug-likeness (QED) is 0.502. The van der Waals surface area contributed by atoms with Gasteiger partial charge in [-0.15, -0.1) is 0 Å². The Kier molecular flexibility index (Phi) is 0.874. The largest absolute Gasteiger partial charge is 0.491 e. The van der Waals surface area contributed by atoms with Crippen molar-refractivity contribution in [3.63, 3.8) is 0 Å². The first-order valence-corrected chi connectivity index (χ1v) is 2.57. The van der Waals surface area contributed by atoms with Crippen LogP contribution in [0, 0.1) is 0 Å².